The average molecular weight is 571 g/mol. The minimum atomic E-state index is -3.07. The van der Waals surface area contributed by atoms with Crippen LogP contribution in [0.5, 0.6) is 11.5 Å². The lowest BCUT2D eigenvalue weighted by Gasteiger charge is -2.13. The van der Waals surface area contributed by atoms with Gasteiger partial charge in [-0.25, -0.2) is 13.8 Å². The first-order valence-electron chi connectivity index (χ1n) is 10.6. The number of aromatic nitrogens is 3. The molecule has 0 unspecified atom stereocenters. The van der Waals surface area contributed by atoms with Gasteiger partial charge in [0.1, 0.15) is 39.7 Å². The lowest BCUT2D eigenvalue weighted by Crippen LogP contribution is -2.24. The summed E-state index contributed by atoms with van der Waals surface area (Å²) in [6.45, 7) is -3.07. The number of nitrogens with one attached hydrogen (secondary N) is 1. The molecule has 4 rings (SSSR count). The van der Waals surface area contributed by atoms with Crippen molar-refractivity contribution in [3.63, 3.8) is 0 Å². The third-order valence-electron chi connectivity index (χ3n) is 5.33. The molecule has 8 nitrogen and oxygen atoms in total. The highest BCUT2D eigenvalue weighted by molar-refractivity contribution is 6.33. The number of amides is 1. The molecule has 0 saturated carbocycles. The number of benzene rings is 2. The first-order chi connectivity index (χ1) is 18.0. The Morgan fingerprint density at radius 2 is 1.66 bits per heavy atom. The second-order valence-electron chi connectivity index (χ2n) is 7.63. The Balaban J connectivity index is 1.90. The molecule has 0 fully saturated rings. The summed E-state index contributed by atoms with van der Waals surface area (Å²) in [5.41, 5.74) is -2.55. The number of halogens is 6. The highest BCUT2D eigenvalue weighted by atomic mass is 35.5. The Kier molecular flexibility index (Phi) is 7.65. The van der Waals surface area contributed by atoms with Crippen LogP contribution in [-0.4, -0.2) is 34.0 Å². The normalized spacial score (nSPS) is 11.1. The zero-order valence-corrected chi connectivity index (χ0v) is 21.0. The number of ether oxygens (including phenoxy) is 2. The van der Waals surface area contributed by atoms with Gasteiger partial charge in [-0.05, 0) is 36.4 Å². The molecule has 14 heteroatoms. The number of nitrogens with zero attached hydrogens (tertiary/aromatic N) is 3. The van der Waals surface area contributed by atoms with Gasteiger partial charge >= 0.3 is 6.61 Å². The number of hydrogen-bond acceptors (Lipinski definition) is 5. The largest absolute Gasteiger partial charge is 0.497 e. The highest BCUT2D eigenvalue weighted by Gasteiger charge is 2.28. The summed E-state index contributed by atoms with van der Waals surface area (Å²) >= 11 is 12.2. The Labute approximate surface area is 221 Å². The maximum absolute atomic E-state index is 15.1. The first kappa shape index (κ1) is 27.0. The van der Waals surface area contributed by atoms with Crippen molar-refractivity contribution in [2.45, 2.75) is 6.61 Å². The maximum atomic E-state index is 15.1. The molecule has 0 saturated heterocycles. The molecule has 1 N–H and O–H groups in total. The minimum Gasteiger partial charge on any atom is -0.497 e. The average Bonchev–Trinajstić information content (AvgIpc) is 3.09. The zero-order valence-electron chi connectivity index (χ0n) is 19.4. The molecule has 0 aliphatic carbocycles. The standard InChI is InChI=1S/C24H16Cl2F4N4O4/c1-33-20(18-15(27)9-13(37-2)10-16(18)28)19(23(36)34(33)21-14(25)7-8-17(26)31-21)32-22(35)11-3-5-12(6-4-11)38-24(29)30/h3-10,24H,1-2H3,(H,32,35). The molecular weight excluding hydrogens is 555 g/mol. The fourth-order valence-corrected chi connectivity index (χ4v) is 4.00. The van der Waals surface area contributed by atoms with E-state index in [1.54, 1.807) is 0 Å². The summed E-state index contributed by atoms with van der Waals surface area (Å²) < 4.78 is 66.2. The highest BCUT2D eigenvalue weighted by Crippen LogP contribution is 2.35. The van der Waals surface area contributed by atoms with Gasteiger partial charge in [-0.2, -0.15) is 13.5 Å². The van der Waals surface area contributed by atoms with Gasteiger partial charge in [0, 0.05) is 24.7 Å². The van der Waals surface area contributed by atoms with Gasteiger partial charge in [-0.1, -0.05) is 23.2 Å². The molecule has 1 amide bonds. The third kappa shape index (κ3) is 5.18. The predicted octanol–water partition coefficient (Wildman–Crippen LogP) is 5.69. The van der Waals surface area contributed by atoms with E-state index >= 15 is 8.78 Å². The number of methoxy groups -OCH3 is 1. The molecule has 0 bridgehead atoms. The summed E-state index contributed by atoms with van der Waals surface area (Å²) in [7, 11) is 2.51. The first-order valence-corrected chi connectivity index (χ1v) is 11.3. The third-order valence-corrected chi connectivity index (χ3v) is 5.83. The molecule has 0 atom stereocenters. The van der Waals surface area contributed by atoms with Crippen LogP contribution in [0.2, 0.25) is 10.2 Å². The van der Waals surface area contributed by atoms with Gasteiger partial charge in [-0.3, -0.25) is 14.3 Å². The molecule has 0 aliphatic heterocycles. The summed E-state index contributed by atoms with van der Waals surface area (Å²) in [4.78, 5) is 30.6. The fraction of sp³-hybridized carbons (Fsp3) is 0.125. The van der Waals surface area contributed by atoms with Gasteiger partial charge < -0.3 is 14.8 Å². The number of carbonyl (C=O) groups is 1. The van der Waals surface area contributed by atoms with E-state index in [0.717, 1.165) is 45.8 Å². The SMILES string of the molecule is COc1cc(F)c(-c2c(NC(=O)c3ccc(OC(F)F)cc3)c(=O)n(-c3nc(Cl)ccc3Cl)n2C)c(F)c1. The number of hydrogen-bond donors (Lipinski definition) is 1. The number of pyridine rings is 1. The molecule has 2 heterocycles. The minimum absolute atomic E-state index is 0.0215. The second-order valence-corrected chi connectivity index (χ2v) is 8.42. The molecular formula is C24H16Cl2F4N4O4. The van der Waals surface area contributed by atoms with Crippen molar-refractivity contribution in [2.75, 3.05) is 12.4 Å². The number of alkyl halides is 2. The maximum Gasteiger partial charge on any atom is 0.387 e. The quantitative estimate of drug-likeness (QED) is 0.228. The van der Waals surface area contributed by atoms with Crippen molar-refractivity contribution in [1.82, 2.24) is 14.3 Å². The van der Waals surface area contributed by atoms with Crippen LogP contribution in [0.1, 0.15) is 10.4 Å². The van der Waals surface area contributed by atoms with Crippen LogP contribution in [0.25, 0.3) is 17.1 Å². The summed E-state index contributed by atoms with van der Waals surface area (Å²) in [5, 5.41) is 2.30. The molecule has 0 radical (unpaired) electrons. The van der Waals surface area contributed by atoms with Gasteiger partial charge in [-0.15, -0.1) is 0 Å². The Morgan fingerprint density at radius 3 is 2.24 bits per heavy atom. The zero-order chi connectivity index (χ0) is 27.7. The molecule has 4 aromatic rings. The molecule has 198 valence electrons. The Hall–Kier alpha value is -4.03. The fourth-order valence-electron chi connectivity index (χ4n) is 3.67. The van der Waals surface area contributed by atoms with Crippen molar-refractivity contribution >= 4 is 34.8 Å². The monoisotopic (exact) mass is 570 g/mol. The van der Waals surface area contributed by atoms with E-state index in [4.69, 9.17) is 27.9 Å². The van der Waals surface area contributed by atoms with Crippen LogP contribution in [0.15, 0.2) is 53.3 Å². The van der Waals surface area contributed by atoms with Crippen molar-refractivity contribution in [1.29, 1.82) is 0 Å². The molecule has 2 aromatic carbocycles. The van der Waals surface area contributed by atoms with Crippen molar-refractivity contribution in [2.24, 2.45) is 7.05 Å². The van der Waals surface area contributed by atoms with Gasteiger partial charge in [0.2, 0.25) is 0 Å². The van der Waals surface area contributed by atoms with Crippen molar-refractivity contribution in [3.8, 4) is 28.6 Å². The van der Waals surface area contributed by atoms with Crippen molar-refractivity contribution in [3.05, 3.63) is 86.3 Å². The van der Waals surface area contributed by atoms with E-state index in [1.807, 2.05) is 0 Å². The van der Waals surface area contributed by atoms with Crippen LogP contribution in [-0.2, 0) is 7.05 Å². The van der Waals surface area contributed by atoms with E-state index in [-0.39, 0.29) is 38.8 Å². The van der Waals surface area contributed by atoms with Crippen LogP contribution in [0, 0.1) is 11.6 Å². The topological polar surface area (TPSA) is 87.4 Å². The van der Waals surface area contributed by atoms with E-state index < -0.39 is 41.0 Å². The number of anilines is 1. The number of rotatable bonds is 7. The molecule has 0 spiro atoms. The van der Waals surface area contributed by atoms with E-state index in [2.05, 4.69) is 15.0 Å². The van der Waals surface area contributed by atoms with Gasteiger partial charge in [0.25, 0.3) is 11.5 Å². The van der Waals surface area contributed by atoms with Crippen LogP contribution in [0.4, 0.5) is 23.2 Å². The van der Waals surface area contributed by atoms with Gasteiger partial charge in [0.05, 0.1) is 17.7 Å². The summed E-state index contributed by atoms with van der Waals surface area (Å²) in [6.07, 6.45) is 0. The van der Waals surface area contributed by atoms with Crippen molar-refractivity contribution < 1.29 is 31.8 Å². The molecule has 38 heavy (non-hydrogen) atoms. The lowest BCUT2D eigenvalue weighted by molar-refractivity contribution is -0.0498. The molecule has 2 aromatic heterocycles. The van der Waals surface area contributed by atoms with Gasteiger partial charge in [0.15, 0.2) is 5.82 Å². The number of carbonyl (C=O) groups excluding carboxylic acids is 1. The summed E-state index contributed by atoms with van der Waals surface area (Å²) in [6, 6.07) is 9.09. The Bertz CT molecular complexity index is 1570. The predicted molar refractivity (Wildman–Crippen MR) is 132 cm³/mol. The van der Waals surface area contributed by atoms with E-state index in [1.165, 1.54) is 26.3 Å². The lowest BCUT2D eigenvalue weighted by atomic mass is 10.1. The van der Waals surface area contributed by atoms with Crippen LogP contribution in [0.3, 0.4) is 0 Å². The smallest absolute Gasteiger partial charge is 0.387 e. The van der Waals surface area contributed by atoms with E-state index in [9.17, 15) is 18.4 Å². The second kappa shape index (κ2) is 10.8. The molecule has 0 aliphatic rings. The summed E-state index contributed by atoms with van der Waals surface area (Å²) in [5.74, 6) is -3.57. The van der Waals surface area contributed by atoms with Crippen LogP contribution >= 0.6 is 23.2 Å². The van der Waals surface area contributed by atoms with Crippen LogP contribution < -0.4 is 20.3 Å². The Morgan fingerprint density at radius 1 is 1.03 bits per heavy atom. The van der Waals surface area contributed by atoms with E-state index in [0.29, 0.717) is 0 Å².